The van der Waals surface area contributed by atoms with Crippen LogP contribution in [0.25, 0.3) is 0 Å². The van der Waals surface area contributed by atoms with Crippen LogP contribution in [0.2, 0.25) is 0 Å². The largest absolute Gasteiger partial charge is 0.493 e. The lowest BCUT2D eigenvalue weighted by Crippen LogP contribution is -2.24. The fraction of sp³-hybridized carbons (Fsp3) is 0.435. The van der Waals surface area contributed by atoms with Crippen LogP contribution >= 0.6 is 0 Å². The number of hydrogen-bond donors (Lipinski definition) is 1. The maximum absolute atomic E-state index is 12.1. The molecule has 1 aliphatic heterocycles. The molecule has 2 atom stereocenters. The molecule has 0 aliphatic carbocycles. The van der Waals surface area contributed by atoms with Gasteiger partial charge in [0.15, 0.2) is 0 Å². The van der Waals surface area contributed by atoms with Gasteiger partial charge in [0, 0.05) is 32.0 Å². The second-order valence-corrected chi connectivity index (χ2v) is 7.35. The van der Waals surface area contributed by atoms with Crippen LogP contribution in [-0.2, 0) is 4.79 Å². The predicted octanol–water partition coefficient (Wildman–Crippen LogP) is 4.28. The van der Waals surface area contributed by atoms with Crippen LogP contribution in [0.5, 0.6) is 11.5 Å². The average molecular weight is 400 g/mol. The molecule has 1 heterocycles. The topological polar surface area (TPSA) is 50.8 Å². The van der Waals surface area contributed by atoms with E-state index in [9.17, 15) is 9.18 Å². The van der Waals surface area contributed by atoms with Crippen molar-refractivity contribution in [3.05, 3.63) is 54.1 Å². The summed E-state index contributed by atoms with van der Waals surface area (Å²) in [7, 11) is 0. The van der Waals surface area contributed by atoms with Crippen molar-refractivity contribution < 1.29 is 18.7 Å². The van der Waals surface area contributed by atoms with Crippen LogP contribution in [0.1, 0.15) is 38.3 Å². The van der Waals surface area contributed by atoms with Crippen LogP contribution in [0, 0.1) is 0 Å². The summed E-state index contributed by atoms with van der Waals surface area (Å²) in [4.78, 5) is 13.5. The zero-order chi connectivity index (χ0) is 20.6. The lowest BCUT2D eigenvalue weighted by atomic mass is 10.1. The Kier molecular flexibility index (Phi) is 7.33. The lowest BCUT2D eigenvalue weighted by Gasteiger charge is -2.20. The van der Waals surface area contributed by atoms with Gasteiger partial charge in [-0.3, -0.25) is 9.18 Å². The van der Waals surface area contributed by atoms with E-state index in [-0.39, 0.29) is 24.7 Å². The zero-order valence-corrected chi connectivity index (χ0v) is 17.1. The number of carbonyl (C=O) groups excluding carboxylic acids is 1. The Morgan fingerprint density at radius 2 is 1.86 bits per heavy atom. The number of halogens is 1. The molecule has 1 amide bonds. The molecule has 1 aliphatic rings. The summed E-state index contributed by atoms with van der Waals surface area (Å²) in [5.41, 5.74) is 2.18. The van der Waals surface area contributed by atoms with E-state index in [1.807, 2.05) is 55.5 Å². The van der Waals surface area contributed by atoms with Gasteiger partial charge in [-0.15, -0.1) is 0 Å². The minimum Gasteiger partial charge on any atom is -0.493 e. The maximum Gasteiger partial charge on any atom is 0.217 e. The van der Waals surface area contributed by atoms with Gasteiger partial charge in [-0.2, -0.15) is 0 Å². The molecule has 6 heteroatoms. The van der Waals surface area contributed by atoms with Crippen molar-refractivity contribution >= 4 is 11.6 Å². The number of nitrogens with zero attached hydrogens (tertiary/aromatic N) is 1. The van der Waals surface area contributed by atoms with E-state index in [1.165, 1.54) is 6.92 Å². The SMILES string of the molecule is CC(=O)NC(C)c1ccc(OC2CCN(c3ccc(OCCCF)cc3)C2)cc1. The molecule has 1 saturated heterocycles. The van der Waals surface area contributed by atoms with E-state index in [0.717, 1.165) is 42.3 Å². The van der Waals surface area contributed by atoms with Gasteiger partial charge in [0.1, 0.15) is 17.6 Å². The van der Waals surface area contributed by atoms with Crippen molar-refractivity contribution in [1.29, 1.82) is 0 Å². The first kappa shape index (κ1) is 21.0. The number of nitrogens with one attached hydrogen (secondary N) is 1. The van der Waals surface area contributed by atoms with Crippen molar-refractivity contribution in [2.24, 2.45) is 0 Å². The van der Waals surface area contributed by atoms with Gasteiger partial charge in [-0.25, -0.2) is 0 Å². The molecule has 0 saturated carbocycles. The molecule has 0 spiro atoms. The Bertz CT molecular complexity index is 780. The third-order valence-corrected chi connectivity index (χ3v) is 5.00. The Balaban J connectivity index is 1.50. The van der Waals surface area contributed by atoms with Crippen molar-refractivity contribution in [2.45, 2.75) is 38.8 Å². The summed E-state index contributed by atoms with van der Waals surface area (Å²) in [5.74, 6) is 1.57. The second-order valence-electron chi connectivity index (χ2n) is 7.35. The number of amides is 1. The molecule has 156 valence electrons. The highest BCUT2D eigenvalue weighted by atomic mass is 19.1. The Morgan fingerprint density at radius 1 is 1.17 bits per heavy atom. The quantitative estimate of drug-likeness (QED) is 0.639. The summed E-state index contributed by atoms with van der Waals surface area (Å²) in [5, 5.41) is 2.88. The zero-order valence-electron chi connectivity index (χ0n) is 17.1. The molecular weight excluding hydrogens is 371 g/mol. The standard InChI is InChI=1S/C23H29FN2O3/c1-17(25-18(2)27)19-4-8-22(9-5-19)29-23-12-14-26(16-23)20-6-10-21(11-7-20)28-15-3-13-24/h4-11,17,23H,3,12-16H2,1-2H3,(H,25,27). The highest BCUT2D eigenvalue weighted by Gasteiger charge is 2.24. The first-order valence-corrected chi connectivity index (χ1v) is 10.1. The molecule has 29 heavy (non-hydrogen) atoms. The van der Waals surface area contributed by atoms with E-state index in [0.29, 0.717) is 13.0 Å². The highest BCUT2D eigenvalue weighted by molar-refractivity contribution is 5.73. The van der Waals surface area contributed by atoms with Crippen molar-refractivity contribution in [2.75, 3.05) is 31.3 Å². The minimum absolute atomic E-state index is 0.0209. The van der Waals surface area contributed by atoms with Crippen molar-refractivity contribution in [1.82, 2.24) is 5.32 Å². The first-order chi connectivity index (χ1) is 14.0. The van der Waals surface area contributed by atoms with Gasteiger partial charge in [-0.05, 0) is 48.9 Å². The van der Waals surface area contributed by atoms with Gasteiger partial charge in [-0.1, -0.05) is 12.1 Å². The Labute approximate surface area is 171 Å². The van der Waals surface area contributed by atoms with Gasteiger partial charge in [0.05, 0.1) is 25.9 Å². The summed E-state index contributed by atoms with van der Waals surface area (Å²) < 4.78 is 23.8. The van der Waals surface area contributed by atoms with E-state index in [1.54, 1.807) is 0 Å². The van der Waals surface area contributed by atoms with Crippen LogP contribution in [-0.4, -0.2) is 38.4 Å². The molecule has 2 aromatic carbocycles. The Hall–Kier alpha value is -2.76. The fourth-order valence-corrected chi connectivity index (χ4v) is 3.47. The van der Waals surface area contributed by atoms with Crippen LogP contribution in [0.3, 0.4) is 0 Å². The smallest absolute Gasteiger partial charge is 0.217 e. The summed E-state index contributed by atoms with van der Waals surface area (Å²) in [6.45, 7) is 5.29. The number of alkyl halides is 1. The number of carbonyl (C=O) groups is 1. The van der Waals surface area contributed by atoms with Crippen LogP contribution < -0.4 is 19.7 Å². The van der Waals surface area contributed by atoms with Crippen LogP contribution in [0.15, 0.2) is 48.5 Å². The van der Waals surface area contributed by atoms with E-state index >= 15 is 0 Å². The Morgan fingerprint density at radius 3 is 2.52 bits per heavy atom. The monoisotopic (exact) mass is 400 g/mol. The third-order valence-electron chi connectivity index (χ3n) is 5.00. The molecule has 1 N–H and O–H groups in total. The van der Waals surface area contributed by atoms with Crippen molar-refractivity contribution in [3.63, 3.8) is 0 Å². The lowest BCUT2D eigenvalue weighted by molar-refractivity contribution is -0.119. The van der Waals surface area contributed by atoms with Crippen molar-refractivity contribution in [3.8, 4) is 11.5 Å². The normalized spacial score (nSPS) is 17.1. The van der Waals surface area contributed by atoms with E-state index in [4.69, 9.17) is 9.47 Å². The number of hydrogen-bond acceptors (Lipinski definition) is 4. The number of benzene rings is 2. The molecule has 5 nitrogen and oxygen atoms in total. The van der Waals surface area contributed by atoms with Gasteiger partial charge in [0.2, 0.25) is 5.91 Å². The molecule has 2 aromatic rings. The van der Waals surface area contributed by atoms with Gasteiger partial charge in [0.25, 0.3) is 0 Å². The molecule has 3 rings (SSSR count). The molecule has 1 fully saturated rings. The minimum atomic E-state index is -0.357. The summed E-state index contributed by atoms with van der Waals surface area (Å²) in [6, 6.07) is 15.8. The molecule has 2 unspecified atom stereocenters. The molecular formula is C23H29FN2O3. The number of anilines is 1. The third kappa shape index (κ3) is 6.11. The molecule has 0 radical (unpaired) electrons. The predicted molar refractivity (Wildman–Crippen MR) is 112 cm³/mol. The van der Waals surface area contributed by atoms with E-state index in [2.05, 4.69) is 10.2 Å². The van der Waals surface area contributed by atoms with Gasteiger partial charge >= 0.3 is 0 Å². The molecule has 0 aromatic heterocycles. The van der Waals surface area contributed by atoms with Crippen LogP contribution in [0.4, 0.5) is 10.1 Å². The number of rotatable bonds is 9. The molecule has 0 bridgehead atoms. The highest BCUT2D eigenvalue weighted by Crippen LogP contribution is 2.26. The average Bonchev–Trinajstić information content (AvgIpc) is 3.17. The second kappa shape index (κ2) is 10.1. The first-order valence-electron chi connectivity index (χ1n) is 10.1. The maximum atomic E-state index is 12.1. The van der Waals surface area contributed by atoms with E-state index < -0.39 is 0 Å². The number of ether oxygens (including phenoxy) is 2. The van der Waals surface area contributed by atoms with Gasteiger partial charge < -0.3 is 19.7 Å². The fourth-order valence-electron chi connectivity index (χ4n) is 3.47. The summed E-state index contributed by atoms with van der Waals surface area (Å²) >= 11 is 0. The summed E-state index contributed by atoms with van der Waals surface area (Å²) in [6.07, 6.45) is 1.51.